The van der Waals surface area contributed by atoms with E-state index in [9.17, 15) is 9.59 Å². The number of aryl methyl sites for hydroxylation is 1. The van der Waals surface area contributed by atoms with Crippen molar-refractivity contribution in [3.8, 4) is 5.69 Å². The Morgan fingerprint density at radius 1 is 1.23 bits per heavy atom. The van der Waals surface area contributed by atoms with E-state index in [4.69, 9.17) is 12.2 Å². The molecule has 0 saturated carbocycles. The van der Waals surface area contributed by atoms with Crippen LogP contribution in [-0.4, -0.2) is 55.7 Å². The Morgan fingerprint density at radius 2 is 1.97 bits per heavy atom. The highest BCUT2D eigenvalue weighted by Crippen LogP contribution is 2.20. The van der Waals surface area contributed by atoms with Gasteiger partial charge in [0.15, 0.2) is 4.77 Å². The number of benzene rings is 1. The van der Waals surface area contributed by atoms with Gasteiger partial charge < -0.3 is 15.2 Å². The summed E-state index contributed by atoms with van der Waals surface area (Å²) in [6.45, 7) is 1.90. The number of aromatic nitrogens is 4. The van der Waals surface area contributed by atoms with Crippen LogP contribution in [-0.2, 0) is 7.05 Å². The number of para-hydroxylation sites is 1. The smallest absolute Gasteiger partial charge is 0.272 e. The van der Waals surface area contributed by atoms with E-state index < -0.39 is 0 Å². The van der Waals surface area contributed by atoms with Crippen LogP contribution < -0.4 is 5.32 Å². The molecule has 3 aromatic rings. The van der Waals surface area contributed by atoms with Crippen molar-refractivity contribution in [2.24, 2.45) is 13.0 Å². The Labute approximate surface area is 179 Å². The summed E-state index contributed by atoms with van der Waals surface area (Å²) in [4.78, 5) is 30.2. The number of rotatable bonds is 5. The maximum atomic E-state index is 13.1. The van der Waals surface area contributed by atoms with E-state index in [2.05, 4.69) is 15.4 Å². The number of H-pyrrole nitrogens is 1. The molecule has 2 amide bonds. The number of likely N-dealkylation sites (tertiary alicyclic amines) is 1. The van der Waals surface area contributed by atoms with Gasteiger partial charge in [-0.1, -0.05) is 18.2 Å². The van der Waals surface area contributed by atoms with Gasteiger partial charge in [0.05, 0.1) is 11.8 Å². The first-order valence-electron chi connectivity index (χ1n) is 9.95. The number of nitrogens with one attached hydrogen (secondary N) is 2. The number of imidazole rings is 1. The van der Waals surface area contributed by atoms with Crippen LogP contribution in [0.1, 0.15) is 33.7 Å². The molecule has 30 heavy (non-hydrogen) atoms. The average Bonchev–Trinajstić information content (AvgIpc) is 3.38. The number of nitrogens with zero attached hydrogens (tertiary/aromatic N) is 4. The quantitative estimate of drug-likeness (QED) is 0.616. The molecular weight excluding hydrogens is 400 g/mol. The van der Waals surface area contributed by atoms with E-state index in [1.165, 1.54) is 0 Å². The summed E-state index contributed by atoms with van der Waals surface area (Å²) >= 11 is 5.39. The number of carbonyl (C=O) groups is 2. The van der Waals surface area contributed by atoms with Crippen molar-refractivity contribution >= 4 is 24.0 Å². The zero-order valence-electron chi connectivity index (χ0n) is 16.7. The second-order valence-electron chi connectivity index (χ2n) is 7.50. The Balaban J connectivity index is 1.35. The third-order valence-electron chi connectivity index (χ3n) is 5.43. The van der Waals surface area contributed by atoms with Gasteiger partial charge in [-0.2, -0.15) is 5.10 Å². The Morgan fingerprint density at radius 3 is 2.63 bits per heavy atom. The zero-order valence-corrected chi connectivity index (χ0v) is 17.6. The summed E-state index contributed by atoms with van der Waals surface area (Å²) < 4.78 is 3.88. The maximum Gasteiger partial charge on any atom is 0.272 e. The predicted octanol–water partition coefficient (Wildman–Crippen LogP) is 2.55. The summed E-state index contributed by atoms with van der Waals surface area (Å²) in [7, 11) is 1.78. The summed E-state index contributed by atoms with van der Waals surface area (Å²) in [5.41, 5.74) is 1.96. The molecule has 2 aromatic heterocycles. The highest BCUT2D eigenvalue weighted by Gasteiger charge is 2.26. The summed E-state index contributed by atoms with van der Waals surface area (Å²) in [5.74, 6) is 0.191. The average molecular weight is 425 g/mol. The van der Waals surface area contributed by atoms with E-state index >= 15 is 0 Å². The largest absolute Gasteiger partial charge is 0.352 e. The summed E-state index contributed by atoms with van der Waals surface area (Å²) in [6, 6.07) is 9.63. The van der Waals surface area contributed by atoms with Crippen molar-refractivity contribution in [3.05, 3.63) is 65.0 Å². The fraction of sp³-hybridized carbons (Fsp3) is 0.333. The lowest BCUT2D eigenvalue weighted by atomic mass is 9.96. The molecule has 0 radical (unpaired) electrons. The first kappa shape index (κ1) is 20.1. The molecule has 3 heterocycles. The lowest BCUT2D eigenvalue weighted by molar-refractivity contribution is 0.0676. The van der Waals surface area contributed by atoms with Crippen LogP contribution in [0.3, 0.4) is 0 Å². The number of hydrogen-bond donors (Lipinski definition) is 2. The molecule has 156 valence electrons. The SMILES string of the molecule is Cn1cc(C(=O)NCC2CCN(C(=O)c3c[nH]c(=S)n3-c3ccccc3)CC2)cn1. The Kier molecular flexibility index (Phi) is 5.80. The lowest BCUT2D eigenvalue weighted by Crippen LogP contribution is -2.42. The molecule has 0 bridgehead atoms. The first-order valence-corrected chi connectivity index (χ1v) is 10.4. The fourth-order valence-corrected chi connectivity index (χ4v) is 4.00. The van der Waals surface area contributed by atoms with Crippen LogP contribution in [0.15, 0.2) is 48.9 Å². The molecule has 0 unspecified atom stereocenters. The van der Waals surface area contributed by atoms with E-state index in [1.807, 2.05) is 35.2 Å². The van der Waals surface area contributed by atoms with Crippen LogP contribution in [0.25, 0.3) is 5.69 Å². The highest BCUT2D eigenvalue weighted by molar-refractivity contribution is 7.71. The van der Waals surface area contributed by atoms with Crippen molar-refractivity contribution in [1.82, 2.24) is 29.5 Å². The maximum absolute atomic E-state index is 13.1. The van der Waals surface area contributed by atoms with Crippen LogP contribution in [0.2, 0.25) is 0 Å². The minimum atomic E-state index is -0.115. The Bertz CT molecular complexity index is 1090. The van der Waals surface area contributed by atoms with E-state index in [0.29, 0.717) is 41.6 Å². The van der Waals surface area contributed by atoms with Gasteiger partial charge in [-0.15, -0.1) is 0 Å². The molecule has 0 spiro atoms. The van der Waals surface area contributed by atoms with E-state index in [0.717, 1.165) is 18.5 Å². The lowest BCUT2D eigenvalue weighted by Gasteiger charge is -2.32. The molecule has 1 fully saturated rings. The number of hydrogen-bond acceptors (Lipinski definition) is 4. The van der Waals surface area contributed by atoms with Crippen LogP contribution in [0.4, 0.5) is 0 Å². The number of carbonyl (C=O) groups excluding carboxylic acids is 2. The van der Waals surface area contributed by atoms with Gasteiger partial charge in [0.1, 0.15) is 5.69 Å². The van der Waals surface area contributed by atoms with Crippen LogP contribution >= 0.6 is 12.2 Å². The van der Waals surface area contributed by atoms with E-state index in [-0.39, 0.29) is 11.8 Å². The number of amides is 2. The van der Waals surface area contributed by atoms with Gasteiger partial charge in [-0.25, -0.2) is 0 Å². The van der Waals surface area contributed by atoms with Crippen molar-refractivity contribution < 1.29 is 9.59 Å². The highest BCUT2D eigenvalue weighted by atomic mass is 32.1. The molecule has 0 atom stereocenters. The normalized spacial score (nSPS) is 14.6. The summed E-state index contributed by atoms with van der Waals surface area (Å²) in [5, 5.41) is 6.99. The summed E-state index contributed by atoms with van der Waals surface area (Å²) in [6.07, 6.45) is 6.62. The molecule has 2 N–H and O–H groups in total. The third kappa shape index (κ3) is 4.20. The topological polar surface area (TPSA) is 88.0 Å². The van der Waals surface area contributed by atoms with E-state index in [1.54, 1.807) is 34.9 Å². The molecule has 8 nitrogen and oxygen atoms in total. The fourth-order valence-electron chi connectivity index (χ4n) is 3.74. The third-order valence-corrected chi connectivity index (χ3v) is 5.73. The minimum absolute atomic E-state index is 0.0379. The minimum Gasteiger partial charge on any atom is -0.352 e. The molecule has 4 rings (SSSR count). The van der Waals surface area contributed by atoms with Gasteiger partial charge in [-0.3, -0.25) is 18.8 Å². The molecule has 1 saturated heterocycles. The predicted molar refractivity (Wildman–Crippen MR) is 115 cm³/mol. The van der Waals surface area contributed by atoms with Crippen molar-refractivity contribution in [1.29, 1.82) is 0 Å². The molecule has 1 aromatic carbocycles. The van der Waals surface area contributed by atoms with Crippen LogP contribution in [0.5, 0.6) is 0 Å². The second kappa shape index (κ2) is 8.66. The number of piperidine rings is 1. The van der Waals surface area contributed by atoms with Gasteiger partial charge in [0.25, 0.3) is 11.8 Å². The van der Waals surface area contributed by atoms with Crippen LogP contribution in [0, 0.1) is 10.7 Å². The van der Waals surface area contributed by atoms with Gasteiger partial charge in [0, 0.05) is 44.8 Å². The van der Waals surface area contributed by atoms with Gasteiger partial charge >= 0.3 is 0 Å². The zero-order chi connectivity index (χ0) is 21.1. The Hall–Kier alpha value is -3.20. The molecular formula is C21H24N6O2S. The molecule has 0 aliphatic carbocycles. The molecule has 1 aliphatic rings. The monoisotopic (exact) mass is 424 g/mol. The van der Waals surface area contributed by atoms with Crippen molar-refractivity contribution in [3.63, 3.8) is 0 Å². The van der Waals surface area contributed by atoms with Gasteiger partial charge in [0.2, 0.25) is 0 Å². The standard InChI is InChI=1S/C21H24N6O2S/c1-25-14-16(12-24-25)19(28)22-11-15-7-9-26(10-8-15)20(29)18-13-23-21(30)27(18)17-5-3-2-4-6-17/h2-6,12-15H,7-11H2,1H3,(H,22,28)(H,23,30). The van der Waals surface area contributed by atoms with Gasteiger partial charge in [-0.05, 0) is 43.1 Å². The second-order valence-corrected chi connectivity index (χ2v) is 7.89. The van der Waals surface area contributed by atoms with Crippen molar-refractivity contribution in [2.75, 3.05) is 19.6 Å². The molecule has 1 aliphatic heterocycles. The van der Waals surface area contributed by atoms with Crippen molar-refractivity contribution in [2.45, 2.75) is 12.8 Å². The first-order chi connectivity index (χ1) is 14.5. The number of aromatic amines is 1. The molecule has 9 heteroatoms.